The predicted octanol–water partition coefficient (Wildman–Crippen LogP) is 18.0. The molecule has 13 aromatic rings. The maximum atomic E-state index is 6.63. The average Bonchev–Trinajstić information content (AvgIpc) is 3.96. The summed E-state index contributed by atoms with van der Waals surface area (Å²) >= 11 is 0. The summed E-state index contributed by atoms with van der Waals surface area (Å²) in [6, 6.07) is 91.8. The van der Waals surface area contributed by atoms with Gasteiger partial charge < -0.3 is 13.9 Å². The van der Waals surface area contributed by atoms with Crippen molar-refractivity contribution >= 4 is 71.6 Å². The Balaban J connectivity index is 0.923. The molecule has 0 N–H and O–H groups in total. The Bertz CT molecular complexity index is 3900. The van der Waals surface area contributed by atoms with Crippen LogP contribution in [0.25, 0.3) is 105 Å². The predicted molar refractivity (Wildman–Crippen MR) is 282 cm³/mol. The summed E-state index contributed by atoms with van der Waals surface area (Å²) in [7, 11) is 0. The van der Waals surface area contributed by atoms with E-state index in [0.717, 1.165) is 66.8 Å². The molecular weight excluding hydrogens is 813 g/mol. The summed E-state index contributed by atoms with van der Waals surface area (Å²) in [4.78, 5) is 2.37. The van der Waals surface area contributed by atoms with Gasteiger partial charge in [0.25, 0.3) is 0 Å². The number of fused-ring (bicyclic) bond motifs is 8. The molecule has 0 bridgehead atoms. The van der Waals surface area contributed by atoms with Gasteiger partial charge in [-0.15, -0.1) is 0 Å². The third-order valence-electron chi connectivity index (χ3n) is 13.4. The molecule has 2 heterocycles. The van der Waals surface area contributed by atoms with Gasteiger partial charge in [-0.1, -0.05) is 188 Å². The Morgan fingerprint density at radius 3 is 1.54 bits per heavy atom. The molecule has 0 fully saturated rings. The van der Waals surface area contributed by atoms with Crippen molar-refractivity contribution in [2.75, 3.05) is 4.90 Å². The molecule has 67 heavy (non-hydrogen) atoms. The van der Waals surface area contributed by atoms with E-state index in [0.29, 0.717) is 0 Å². The van der Waals surface area contributed by atoms with Crippen molar-refractivity contribution in [2.45, 2.75) is 0 Å². The second-order valence-corrected chi connectivity index (χ2v) is 17.3. The van der Waals surface area contributed by atoms with Crippen LogP contribution in [0.15, 0.2) is 259 Å². The Morgan fingerprint density at radius 1 is 0.313 bits per heavy atom. The first-order chi connectivity index (χ1) is 33.2. The first kappa shape index (κ1) is 38.5. The van der Waals surface area contributed by atoms with Crippen LogP contribution in [0.5, 0.6) is 0 Å². The monoisotopic (exact) mass is 854 g/mol. The standard InChI is InChI=1S/C64H42N2O/c1-2-14-43(15-3-1)44-28-30-45(31-29-44)46-32-37-50(38-33-46)65(52-18-12-17-49(42-52)54-23-13-27-62-63(54)58-41-36-47-16-4-5-20-55(47)64(58)67-62)51-39-34-48(35-40-51)53-19-6-9-24-59(53)66-60-25-10-7-21-56(60)57-22-8-11-26-61(57)66/h1-42H. The van der Waals surface area contributed by atoms with E-state index < -0.39 is 0 Å². The Labute approximate surface area is 388 Å². The summed E-state index contributed by atoms with van der Waals surface area (Å²) < 4.78 is 9.04. The van der Waals surface area contributed by atoms with Crippen molar-refractivity contribution < 1.29 is 4.42 Å². The zero-order valence-corrected chi connectivity index (χ0v) is 36.6. The van der Waals surface area contributed by atoms with E-state index >= 15 is 0 Å². The molecule has 0 amide bonds. The van der Waals surface area contributed by atoms with Crippen molar-refractivity contribution in [3.8, 4) is 50.2 Å². The first-order valence-electron chi connectivity index (χ1n) is 22.9. The van der Waals surface area contributed by atoms with Gasteiger partial charge >= 0.3 is 0 Å². The maximum Gasteiger partial charge on any atom is 0.143 e. The zero-order valence-electron chi connectivity index (χ0n) is 36.6. The van der Waals surface area contributed by atoms with E-state index in [9.17, 15) is 0 Å². The SMILES string of the molecule is c1ccc(-c2ccc(-c3ccc(N(c4ccc(-c5ccccc5-n5c6ccccc6c6ccccc65)cc4)c4cccc(-c5cccc6oc7c8ccccc8ccc7c56)c4)cc3)cc2)cc1. The van der Waals surface area contributed by atoms with Crippen molar-refractivity contribution in [3.63, 3.8) is 0 Å². The highest BCUT2D eigenvalue weighted by molar-refractivity contribution is 6.19. The van der Waals surface area contributed by atoms with E-state index in [1.807, 2.05) is 0 Å². The van der Waals surface area contributed by atoms with E-state index in [1.165, 1.54) is 55.0 Å². The minimum absolute atomic E-state index is 0.885. The minimum Gasteiger partial charge on any atom is -0.455 e. The molecule has 0 aliphatic heterocycles. The summed E-state index contributed by atoms with van der Waals surface area (Å²) in [6.45, 7) is 0. The van der Waals surface area contributed by atoms with E-state index in [2.05, 4.69) is 264 Å². The van der Waals surface area contributed by atoms with Crippen molar-refractivity contribution in [1.29, 1.82) is 0 Å². The molecule has 0 atom stereocenters. The quantitative estimate of drug-likeness (QED) is 0.152. The number of para-hydroxylation sites is 3. The number of benzene rings is 11. The van der Waals surface area contributed by atoms with Crippen LogP contribution in [0.4, 0.5) is 17.1 Å². The highest BCUT2D eigenvalue weighted by Crippen LogP contribution is 2.43. The van der Waals surface area contributed by atoms with Gasteiger partial charge in [-0.3, -0.25) is 0 Å². The molecule has 3 nitrogen and oxygen atoms in total. The second-order valence-electron chi connectivity index (χ2n) is 17.3. The molecule has 0 aliphatic rings. The van der Waals surface area contributed by atoms with Crippen LogP contribution in [0, 0.1) is 0 Å². The smallest absolute Gasteiger partial charge is 0.143 e. The Morgan fingerprint density at radius 2 is 0.836 bits per heavy atom. The van der Waals surface area contributed by atoms with Crippen molar-refractivity contribution in [3.05, 3.63) is 255 Å². The van der Waals surface area contributed by atoms with E-state index in [4.69, 9.17) is 4.42 Å². The van der Waals surface area contributed by atoms with Gasteiger partial charge in [-0.2, -0.15) is 0 Å². The van der Waals surface area contributed by atoms with Crippen LogP contribution in [-0.2, 0) is 0 Å². The topological polar surface area (TPSA) is 21.3 Å². The third kappa shape index (κ3) is 6.59. The third-order valence-corrected chi connectivity index (χ3v) is 13.4. The summed E-state index contributed by atoms with van der Waals surface area (Å²) in [5, 5.41) is 7.05. The molecule has 0 radical (unpaired) electrons. The molecule has 0 aliphatic carbocycles. The number of hydrogen-bond acceptors (Lipinski definition) is 2. The van der Waals surface area contributed by atoms with Gasteiger partial charge in [-0.25, -0.2) is 0 Å². The molecule has 3 heteroatoms. The molecule has 13 rings (SSSR count). The molecule has 0 unspecified atom stereocenters. The summed E-state index contributed by atoms with van der Waals surface area (Å²) in [5.74, 6) is 0. The first-order valence-corrected chi connectivity index (χ1v) is 22.9. The van der Waals surface area contributed by atoms with Crippen LogP contribution in [0.2, 0.25) is 0 Å². The van der Waals surface area contributed by atoms with Crippen LogP contribution < -0.4 is 4.90 Å². The zero-order chi connectivity index (χ0) is 44.3. The minimum atomic E-state index is 0.885. The summed E-state index contributed by atoms with van der Waals surface area (Å²) in [5.41, 5.74) is 17.9. The van der Waals surface area contributed by atoms with Gasteiger partial charge in [0.2, 0.25) is 0 Å². The van der Waals surface area contributed by atoms with Gasteiger partial charge in [-0.05, 0) is 111 Å². The van der Waals surface area contributed by atoms with Crippen LogP contribution in [-0.4, -0.2) is 4.57 Å². The molecule has 0 spiro atoms. The number of anilines is 3. The molecule has 0 saturated carbocycles. The summed E-state index contributed by atoms with van der Waals surface area (Å²) in [6.07, 6.45) is 0. The molecule has 314 valence electrons. The fraction of sp³-hybridized carbons (Fsp3) is 0. The number of rotatable bonds is 8. The fourth-order valence-electron chi connectivity index (χ4n) is 10.2. The molecular formula is C64H42N2O. The normalized spacial score (nSPS) is 11.6. The van der Waals surface area contributed by atoms with Gasteiger partial charge in [0.05, 0.1) is 16.7 Å². The lowest BCUT2D eigenvalue weighted by Crippen LogP contribution is -2.10. The molecule has 11 aromatic carbocycles. The second kappa shape index (κ2) is 16.0. The lowest BCUT2D eigenvalue weighted by atomic mass is 9.97. The van der Waals surface area contributed by atoms with Crippen molar-refractivity contribution in [2.24, 2.45) is 0 Å². The highest BCUT2D eigenvalue weighted by Gasteiger charge is 2.20. The van der Waals surface area contributed by atoms with Crippen LogP contribution >= 0.6 is 0 Å². The number of aromatic nitrogens is 1. The van der Waals surface area contributed by atoms with Crippen LogP contribution in [0.3, 0.4) is 0 Å². The molecule has 0 saturated heterocycles. The maximum absolute atomic E-state index is 6.63. The van der Waals surface area contributed by atoms with Gasteiger partial charge in [0.15, 0.2) is 0 Å². The van der Waals surface area contributed by atoms with E-state index in [-0.39, 0.29) is 0 Å². The Kier molecular flexibility index (Phi) is 9.17. The van der Waals surface area contributed by atoms with Crippen LogP contribution in [0.1, 0.15) is 0 Å². The molecule has 2 aromatic heterocycles. The largest absolute Gasteiger partial charge is 0.455 e. The van der Waals surface area contributed by atoms with E-state index in [1.54, 1.807) is 0 Å². The lowest BCUT2D eigenvalue weighted by molar-refractivity contribution is 0.673. The highest BCUT2D eigenvalue weighted by atomic mass is 16.3. The number of nitrogens with zero attached hydrogens (tertiary/aromatic N) is 2. The van der Waals surface area contributed by atoms with Crippen molar-refractivity contribution in [1.82, 2.24) is 4.57 Å². The Hall–Kier alpha value is -8.92. The fourth-order valence-corrected chi connectivity index (χ4v) is 10.2. The number of hydrogen-bond donors (Lipinski definition) is 0. The average molecular weight is 855 g/mol. The number of furan rings is 1. The van der Waals surface area contributed by atoms with Gasteiger partial charge in [0, 0.05) is 49.6 Å². The van der Waals surface area contributed by atoms with Gasteiger partial charge in [0.1, 0.15) is 11.2 Å². The lowest BCUT2D eigenvalue weighted by Gasteiger charge is -2.26.